The number of hydrogen-bond donors (Lipinski definition) is 2. The number of benzene rings is 1. The summed E-state index contributed by atoms with van der Waals surface area (Å²) in [6, 6.07) is 9.07. The number of rotatable bonds is 4. The van der Waals surface area contributed by atoms with Gasteiger partial charge in [0.05, 0.1) is 11.8 Å². The Balaban J connectivity index is 0.00000141. The Kier molecular flexibility index (Phi) is 7.84. The lowest BCUT2D eigenvalue weighted by Gasteiger charge is -2.25. The van der Waals surface area contributed by atoms with E-state index in [9.17, 15) is 13.6 Å². The van der Waals surface area contributed by atoms with E-state index in [0.717, 1.165) is 0 Å². The number of nitrogens with one attached hydrogen (secondary N) is 1. The normalized spacial score (nSPS) is 15.3. The van der Waals surface area contributed by atoms with E-state index in [4.69, 9.17) is 4.42 Å². The second kappa shape index (κ2) is 10.6. The van der Waals surface area contributed by atoms with Gasteiger partial charge in [-0.2, -0.15) is 12.6 Å². The molecular formula is C23H26F2N4O2S. The zero-order chi connectivity index (χ0) is 23.1. The van der Waals surface area contributed by atoms with Gasteiger partial charge in [0.2, 0.25) is 5.92 Å². The van der Waals surface area contributed by atoms with Crippen LogP contribution in [0.25, 0.3) is 11.3 Å². The van der Waals surface area contributed by atoms with Gasteiger partial charge in [0, 0.05) is 43.4 Å². The average molecular weight is 461 g/mol. The molecule has 6 nitrogen and oxygen atoms in total. The Bertz CT molecular complexity index is 1030. The van der Waals surface area contributed by atoms with Crippen molar-refractivity contribution in [1.82, 2.24) is 9.97 Å². The monoisotopic (exact) mass is 460 g/mol. The Morgan fingerprint density at radius 2 is 1.91 bits per heavy atom. The summed E-state index contributed by atoms with van der Waals surface area (Å²) in [5.41, 5.74) is 2.27. The molecule has 1 fully saturated rings. The molecule has 0 unspecified atom stereocenters. The lowest BCUT2D eigenvalue weighted by atomic mass is 10.0. The Labute approximate surface area is 191 Å². The molecule has 3 heterocycles. The van der Waals surface area contributed by atoms with Gasteiger partial charge in [-0.25, -0.2) is 18.7 Å². The molecule has 0 bridgehead atoms. The second-order valence-electron chi connectivity index (χ2n) is 7.38. The number of alkyl halides is 2. The van der Waals surface area contributed by atoms with Gasteiger partial charge in [0.15, 0.2) is 12.2 Å². The molecule has 1 aliphatic rings. The number of aromatic nitrogens is 2. The standard InChI is InChI=1S/C22H22F2N4O2.CH4S/c1-15-17(18-13-25-14-30-18)12-26-20(28-10-5-8-22(23,24)9-11-28)19(15)21(29)27-16-6-3-2-4-7-16;1-2/h2-4,6-7,12-14H,5,8-11H2,1H3,(H,27,29);2H,1H3. The van der Waals surface area contributed by atoms with E-state index < -0.39 is 5.92 Å². The van der Waals surface area contributed by atoms with Crippen molar-refractivity contribution in [2.45, 2.75) is 32.1 Å². The minimum Gasteiger partial charge on any atom is -0.443 e. The fraction of sp³-hybridized carbons (Fsp3) is 0.348. The predicted molar refractivity (Wildman–Crippen MR) is 125 cm³/mol. The van der Waals surface area contributed by atoms with E-state index in [1.807, 2.05) is 18.2 Å². The van der Waals surface area contributed by atoms with Crippen molar-refractivity contribution >= 4 is 30.0 Å². The molecule has 0 atom stereocenters. The second-order valence-corrected chi connectivity index (χ2v) is 7.38. The first kappa shape index (κ1) is 23.7. The molecule has 32 heavy (non-hydrogen) atoms. The van der Waals surface area contributed by atoms with Crippen molar-refractivity contribution in [1.29, 1.82) is 0 Å². The molecule has 0 saturated carbocycles. The smallest absolute Gasteiger partial charge is 0.259 e. The van der Waals surface area contributed by atoms with Gasteiger partial charge in [-0.15, -0.1) is 0 Å². The molecule has 1 N–H and O–H groups in total. The van der Waals surface area contributed by atoms with E-state index in [1.165, 1.54) is 6.39 Å². The Morgan fingerprint density at radius 1 is 1.16 bits per heavy atom. The van der Waals surface area contributed by atoms with E-state index in [-0.39, 0.29) is 25.3 Å². The summed E-state index contributed by atoms with van der Waals surface area (Å²) in [6.07, 6.45) is 6.06. The molecule has 1 aromatic carbocycles. The molecule has 1 amide bonds. The maximum absolute atomic E-state index is 13.9. The van der Waals surface area contributed by atoms with Crippen LogP contribution in [0.5, 0.6) is 0 Å². The number of carbonyl (C=O) groups is 1. The van der Waals surface area contributed by atoms with Crippen molar-refractivity contribution in [3.05, 3.63) is 60.2 Å². The van der Waals surface area contributed by atoms with Crippen LogP contribution in [-0.4, -0.2) is 41.1 Å². The van der Waals surface area contributed by atoms with Crippen molar-refractivity contribution < 1.29 is 18.0 Å². The average Bonchev–Trinajstić information content (AvgIpc) is 3.26. The highest BCUT2D eigenvalue weighted by Gasteiger charge is 2.33. The molecule has 9 heteroatoms. The number of amides is 1. The number of carbonyl (C=O) groups excluding carboxylic acids is 1. The van der Waals surface area contributed by atoms with Crippen LogP contribution in [0.3, 0.4) is 0 Å². The van der Waals surface area contributed by atoms with Crippen LogP contribution >= 0.6 is 12.6 Å². The Hall–Kier alpha value is -2.94. The highest BCUT2D eigenvalue weighted by Crippen LogP contribution is 2.34. The fourth-order valence-electron chi connectivity index (χ4n) is 3.69. The van der Waals surface area contributed by atoms with Crippen molar-refractivity contribution in [2.75, 3.05) is 29.6 Å². The molecule has 4 rings (SSSR count). The van der Waals surface area contributed by atoms with Gasteiger partial charge in [-0.1, -0.05) is 18.2 Å². The first-order chi connectivity index (χ1) is 15.4. The van der Waals surface area contributed by atoms with Crippen LogP contribution in [0.1, 0.15) is 35.2 Å². The summed E-state index contributed by atoms with van der Waals surface area (Å²) in [7, 11) is 0. The van der Waals surface area contributed by atoms with Gasteiger partial charge in [-0.05, 0) is 37.3 Å². The SMILES string of the molecule is CS.Cc1c(-c2cnco2)cnc(N2CCCC(F)(F)CC2)c1C(=O)Nc1ccccc1. The fourth-order valence-corrected chi connectivity index (χ4v) is 3.69. The van der Waals surface area contributed by atoms with E-state index in [0.29, 0.717) is 46.9 Å². The Morgan fingerprint density at radius 3 is 2.59 bits per heavy atom. The number of hydrogen-bond acceptors (Lipinski definition) is 6. The number of oxazole rings is 1. The van der Waals surface area contributed by atoms with Gasteiger partial charge >= 0.3 is 0 Å². The highest BCUT2D eigenvalue weighted by molar-refractivity contribution is 7.79. The molecule has 0 radical (unpaired) electrons. The van der Waals surface area contributed by atoms with Crippen LogP contribution in [-0.2, 0) is 0 Å². The van der Waals surface area contributed by atoms with Crippen LogP contribution < -0.4 is 10.2 Å². The lowest BCUT2D eigenvalue weighted by molar-refractivity contribution is -0.0102. The third-order valence-electron chi connectivity index (χ3n) is 5.29. The van der Waals surface area contributed by atoms with Crippen LogP contribution in [0.4, 0.5) is 20.3 Å². The summed E-state index contributed by atoms with van der Waals surface area (Å²) in [6.45, 7) is 2.34. The third kappa shape index (κ3) is 5.45. The number of pyridine rings is 1. The van der Waals surface area contributed by atoms with Gasteiger partial charge in [-0.3, -0.25) is 4.79 Å². The zero-order valence-electron chi connectivity index (χ0n) is 18.0. The molecule has 1 aliphatic heterocycles. The first-order valence-corrected chi connectivity index (χ1v) is 11.2. The molecule has 3 aromatic rings. The zero-order valence-corrected chi connectivity index (χ0v) is 18.9. The quantitative estimate of drug-likeness (QED) is 0.505. The van der Waals surface area contributed by atoms with E-state index >= 15 is 0 Å². The largest absolute Gasteiger partial charge is 0.443 e. The van der Waals surface area contributed by atoms with Crippen molar-refractivity contribution in [3.8, 4) is 11.3 Å². The van der Waals surface area contributed by atoms with E-state index in [2.05, 4.69) is 27.9 Å². The van der Waals surface area contributed by atoms with Gasteiger partial charge < -0.3 is 14.6 Å². The number of anilines is 2. The summed E-state index contributed by atoms with van der Waals surface area (Å²) in [4.78, 5) is 23.5. The highest BCUT2D eigenvalue weighted by atomic mass is 32.1. The van der Waals surface area contributed by atoms with Crippen molar-refractivity contribution in [2.24, 2.45) is 0 Å². The number of para-hydroxylation sites is 1. The van der Waals surface area contributed by atoms with Crippen molar-refractivity contribution in [3.63, 3.8) is 0 Å². The molecule has 0 spiro atoms. The number of nitrogens with zero attached hydrogens (tertiary/aromatic N) is 3. The van der Waals surface area contributed by atoms with Gasteiger partial charge in [0.1, 0.15) is 5.82 Å². The number of thiol groups is 1. The van der Waals surface area contributed by atoms with E-state index in [1.54, 1.807) is 42.6 Å². The summed E-state index contributed by atoms with van der Waals surface area (Å²) >= 11 is 3.53. The predicted octanol–water partition coefficient (Wildman–Crippen LogP) is 5.47. The van der Waals surface area contributed by atoms with Gasteiger partial charge in [0.25, 0.3) is 5.91 Å². The summed E-state index contributed by atoms with van der Waals surface area (Å²) in [5.74, 6) is -2.15. The van der Waals surface area contributed by atoms with Crippen LogP contribution in [0.2, 0.25) is 0 Å². The maximum Gasteiger partial charge on any atom is 0.259 e. The summed E-state index contributed by atoms with van der Waals surface area (Å²) < 4.78 is 33.2. The minimum atomic E-state index is -2.70. The maximum atomic E-state index is 13.9. The third-order valence-corrected chi connectivity index (χ3v) is 5.29. The molecule has 1 saturated heterocycles. The molecule has 170 valence electrons. The van der Waals surface area contributed by atoms with Crippen LogP contribution in [0, 0.1) is 6.92 Å². The topological polar surface area (TPSA) is 71.3 Å². The van der Waals surface area contributed by atoms with Crippen LogP contribution in [0.15, 0.2) is 53.5 Å². The molecule has 2 aromatic heterocycles. The minimum absolute atomic E-state index is 0.132. The lowest BCUT2D eigenvalue weighted by Crippen LogP contribution is -2.30. The molecular weight excluding hydrogens is 434 g/mol. The first-order valence-electron chi connectivity index (χ1n) is 10.3. The summed E-state index contributed by atoms with van der Waals surface area (Å²) in [5, 5.41) is 2.88. The molecule has 0 aliphatic carbocycles. The number of halogens is 2.